The molecule has 1 aliphatic rings. The quantitative estimate of drug-likeness (QED) is 0.202. The molecule has 1 aromatic carbocycles. The standard InChI is InChI=1S/C23H15ClF9N5O2/c1-37-18(16(40-22(29,30)19(25)26)17(36-37)21(27,28)23(31,32)33)38-9-12(8-35-38)11-2-3-14(24)13(6-11)15(39)7-20(10-34)4-5-20/h2-3,6,8-9,19H,4-5,7H2,1H3. The van der Waals surface area contributed by atoms with Crippen molar-refractivity contribution in [3.63, 3.8) is 0 Å². The first-order valence-electron chi connectivity index (χ1n) is 11.1. The second-order valence-electron chi connectivity index (χ2n) is 9.02. The van der Waals surface area contributed by atoms with E-state index in [0.717, 1.165) is 19.4 Å². The van der Waals surface area contributed by atoms with Gasteiger partial charge in [-0.25, -0.2) is 9.36 Å². The normalized spacial score (nSPS) is 15.3. The minimum Gasteiger partial charge on any atom is -0.422 e. The van der Waals surface area contributed by atoms with Gasteiger partial charge < -0.3 is 4.74 Å². The average Bonchev–Trinajstić information content (AvgIpc) is 3.31. The van der Waals surface area contributed by atoms with Gasteiger partial charge in [0.15, 0.2) is 17.3 Å². The van der Waals surface area contributed by atoms with Crippen LogP contribution in [0.3, 0.4) is 0 Å². The van der Waals surface area contributed by atoms with E-state index in [1.807, 2.05) is 0 Å². The summed E-state index contributed by atoms with van der Waals surface area (Å²) in [4.78, 5) is 12.8. The van der Waals surface area contributed by atoms with Crippen LogP contribution in [0.4, 0.5) is 39.5 Å². The average molecular weight is 600 g/mol. The molecule has 2 aromatic heterocycles. The summed E-state index contributed by atoms with van der Waals surface area (Å²) < 4.78 is 125. The molecule has 0 saturated heterocycles. The summed E-state index contributed by atoms with van der Waals surface area (Å²) in [5.74, 6) is -9.36. The molecule has 7 nitrogen and oxygen atoms in total. The summed E-state index contributed by atoms with van der Waals surface area (Å²) >= 11 is 6.14. The highest BCUT2D eigenvalue weighted by molar-refractivity contribution is 6.34. The Morgan fingerprint density at radius 2 is 1.82 bits per heavy atom. The summed E-state index contributed by atoms with van der Waals surface area (Å²) in [6, 6.07) is 6.11. The molecule has 17 heteroatoms. The first kappa shape index (κ1) is 29.2. The predicted molar refractivity (Wildman–Crippen MR) is 119 cm³/mol. The van der Waals surface area contributed by atoms with Gasteiger partial charge in [0, 0.05) is 30.8 Å². The van der Waals surface area contributed by atoms with Crippen LogP contribution in [0.2, 0.25) is 5.02 Å². The van der Waals surface area contributed by atoms with Gasteiger partial charge >= 0.3 is 24.6 Å². The lowest BCUT2D eigenvalue weighted by Crippen LogP contribution is -2.37. The van der Waals surface area contributed by atoms with E-state index in [2.05, 4.69) is 21.0 Å². The summed E-state index contributed by atoms with van der Waals surface area (Å²) in [5.41, 5.74) is -2.83. The van der Waals surface area contributed by atoms with Crippen LogP contribution >= 0.6 is 11.6 Å². The van der Waals surface area contributed by atoms with Crippen LogP contribution in [-0.2, 0) is 13.0 Å². The molecule has 0 spiro atoms. The molecular weight excluding hydrogens is 585 g/mol. The molecule has 0 amide bonds. The van der Waals surface area contributed by atoms with E-state index >= 15 is 0 Å². The number of hydrogen-bond donors (Lipinski definition) is 0. The third kappa shape index (κ3) is 5.21. The van der Waals surface area contributed by atoms with Crippen LogP contribution < -0.4 is 4.74 Å². The van der Waals surface area contributed by atoms with E-state index in [4.69, 9.17) is 11.6 Å². The maximum absolute atomic E-state index is 14.2. The molecule has 4 rings (SSSR count). The van der Waals surface area contributed by atoms with Gasteiger partial charge in [0.25, 0.3) is 0 Å². The molecule has 1 saturated carbocycles. The highest BCUT2D eigenvalue weighted by Crippen LogP contribution is 2.50. The number of aryl methyl sites for hydroxylation is 1. The van der Waals surface area contributed by atoms with Crippen LogP contribution in [-0.4, -0.2) is 44.1 Å². The molecule has 214 valence electrons. The van der Waals surface area contributed by atoms with Crippen LogP contribution in [0, 0.1) is 16.7 Å². The number of nitrogens with zero attached hydrogens (tertiary/aromatic N) is 5. The SMILES string of the molecule is Cn1nc(C(F)(F)C(F)(F)F)c(OC(F)(F)C(F)F)c1-n1cc(-c2ccc(Cl)c(C(=O)CC3(C#N)CC3)c2)cn1. The van der Waals surface area contributed by atoms with Crippen molar-refractivity contribution < 1.29 is 49.0 Å². The summed E-state index contributed by atoms with van der Waals surface area (Å²) in [5, 5.41) is 16.0. The molecule has 0 bridgehead atoms. The van der Waals surface area contributed by atoms with Crippen molar-refractivity contribution >= 4 is 17.4 Å². The van der Waals surface area contributed by atoms with Gasteiger partial charge in [0.1, 0.15) is 0 Å². The predicted octanol–water partition coefficient (Wildman–Crippen LogP) is 6.69. The van der Waals surface area contributed by atoms with Crippen molar-refractivity contribution in [2.24, 2.45) is 12.5 Å². The van der Waals surface area contributed by atoms with E-state index in [0.29, 0.717) is 17.5 Å². The highest BCUT2D eigenvalue weighted by atomic mass is 35.5. The Bertz CT molecular complexity index is 1500. The molecule has 40 heavy (non-hydrogen) atoms. The summed E-state index contributed by atoms with van der Waals surface area (Å²) in [6.07, 6.45) is -13.4. The monoisotopic (exact) mass is 599 g/mol. The fraction of sp³-hybridized carbons (Fsp3) is 0.391. The van der Waals surface area contributed by atoms with Crippen molar-refractivity contribution in [1.29, 1.82) is 5.26 Å². The Morgan fingerprint density at radius 1 is 1.18 bits per heavy atom. The van der Waals surface area contributed by atoms with E-state index in [1.165, 1.54) is 18.2 Å². The number of rotatable bonds is 9. The van der Waals surface area contributed by atoms with Crippen molar-refractivity contribution in [3.05, 3.63) is 46.9 Å². The van der Waals surface area contributed by atoms with Crippen molar-refractivity contribution in [1.82, 2.24) is 19.6 Å². The maximum Gasteiger partial charge on any atom is 0.461 e. The number of ketones is 1. The molecule has 2 heterocycles. The van der Waals surface area contributed by atoms with Crippen LogP contribution in [0.1, 0.15) is 35.3 Å². The van der Waals surface area contributed by atoms with Gasteiger partial charge in [-0.05, 0) is 30.5 Å². The third-order valence-corrected chi connectivity index (χ3v) is 6.44. The Morgan fingerprint density at radius 3 is 2.38 bits per heavy atom. The lowest BCUT2D eigenvalue weighted by Gasteiger charge is -2.21. The molecular formula is C23H15ClF9N5O2. The number of carbonyl (C=O) groups is 1. The Kier molecular flexibility index (Phi) is 7.11. The highest BCUT2D eigenvalue weighted by Gasteiger charge is 2.63. The topological polar surface area (TPSA) is 85.7 Å². The third-order valence-electron chi connectivity index (χ3n) is 6.11. The number of ether oxygens (including phenoxy) is 1. The smallest absolute Gasteiger partial charge is 0.422 e. The molecule has 1 fully saturated rings. The van der Waals surface area contributed by atoms with Gasteiger partial charge in [-0.3, -0.25) is 4.79 Å². The zero-order valence-corrected chi connectivity index (χ0v) is 20.7. The van der Waals surface area contributed by atoms with Crippen LogP contribution in [0.15, 0.2) is 30.6 Å². The van der Waals surface area contributed by atoms with E-state index in [-0.39, 0.29) is 32.8 Å². The minimum absolute atomic E-state index is 0.0293. The number of benzene rings is 1. The fourth-order valence-corrected chi connectivity index (χ4v) is 3.97. The van der Waals surface area contributed by atoms with E-state index in [1.54, 1.807) is 0 Å². The van der Waals surface area contributed by atoms with Gasteiger partial charge in [0.05, 0.1) is 22.7 Å². The van der Waals surface area contributed by atoms with Gasteiger partial charge in [0.2, 0.25) is 5.75 Å². The summed E-state index contributed by atoms with van der Waals surface area (Å²) in [6.45, 7) is 0. The zero-order chi connectivity index (χ0) is 29.8. The molecule has 1 aliphatic carbocycles. The fourth-order valence-electron chi connectivity index (χ4n) is 3.75. The van der Waals surface area contributed by atoms with Crippen LogP contribution in [0.25, 0.3) is 16.9 Å². The lowest BCUT2D eigenvalue weighted by atomic mass is 9.95. The number of nitriles is 1. The molecule has 0 radical (unpaired) electrons. The number of hydrogen-bond acceptors (Lipinski definition) is 5. The van der Waals surface area contributed by atoms with E-state index in [9.17, 15) is 49.6 Å². The van der Waals surface area contributed by atoms with Crippen molar-refractivity contribution in [2.45, 2.75) is 43.9 Å². The number of halogens is 10. The van der Waals surface area contributed by atoms with Crippen molar-refractivity contribution in [3.8, 4) is 28.8 Å². The van der Waals surface area contributed by atoms with Gasteiger partial charge in [-0.1, -0.05) is 17.7 Å². The number of alkyl halides is 9. The van der Waals surface area contributed by atoms with Crippen molar-refractivity contribution in [2.75, 3.05) is 0 Å². The van der Waals surface area contributed by atoms with Crippen LogP contribution in [0.5, 0.6) is 5.75 Å². The number of aromatic nitrogens is 4. The first-order valence-corrected chi connectivity index (χ1v) is 11.5. The Labute approximate surface area is 223 Å². The minimum atomic E-state index is -6.34. The molecule has 0 aliphatic heterocycles. The van der Waals surface area contributed by atoms with Gasteiger partial charge in [-0.15, -0.1) is 0 Å². The second-order valence-corrected chi connectivity index (χ2v) is 9.43. The number of carbonyl (C=O) groups excluding carboxylic acids is 1. The second kappa shape index (κ2) is 9.72. The van der Waals surface area contributed by atoms with Gasteiger partial charge in [-0.2, -0.15) is 55.0 Å². The largest absolute Gasteiger partial charge is 0.461 e. The zero-order valence-electron chi connectivity index (χ0n) is 19.9. The van der Waals surface area contributed by atoms with E-state index < -0.39 is 53.1 Å². The molecule has 0 N–H and O–H groups in total. The summed E-state index contributed by atoms with van der Waals surface area (Å²) in [7, 11) is 0.780. The molecule has 3 aromatic rings. The first-order chi connectivity index (χ1) is 18.4. The maximum atomic E-state index is 14.2. The number of Topliss-reactive ketones (excluding diaryl/α,β-unsaturated/α-hetero) is 1. The lowest BCUT2D eigenvalue weighted by molar-refractivity contribution is -0.294. The Hall–Kier alpha value is -3.74. The molecule has 0 unspecified atom stereocenters. The Balaban J connectivity index is 1.78. The molecule has 0 atom stereocenters.